The molecule has 0 aliphatic carbocycles. The fraction of sp³-hybridized carbons (Fsp3) is 0.200. The molecule has 1 atom stereocenters. The summed E-state index contributed by atoms with van der Waals surface area (Å²) in [6, 6.07) is 8.64. The summed E-state index contributed by atoms with van der Waals surface area (Å²) in [6.07, 6.45) is 1.86. The van der Waals surface area contributed by atoms with Gasteiger partial charge in [-0.3, -0.25) is 9.59 Å². The Morgan fingerprint density at radius 3 is 2.57 bits per heavy atom. The number of rotatable bonds is 5. The Morgan fingerprint density at radius 1 is 1.43 bits per heavy atom. The van der Waals surface area contributed by atoms with Crippen LogP contribution in [-0.4, -0.2) is 18.4 Å². The highest BCUT2D eigenvalue weighted by Gasteiger charge is 2.14. The van der Waals surface area contributed by atoms with Crippen molar-refractivity contribution in [3.8, 4) is 0 Å². The lowest BCUT2D eigenvalue weighted by molar-refractivity contribution is -0.119. The summed E-state index contributed by atoms with van der Waals surface area (Å²) in [4.78, 5) is 20.9. The van der Waals surface area contributed by atoms with Crippen molar-refractivity contribution >= 4 is 12.3 Å². The third kappa shape index (κ3) is 2.90. The van der Waals surface area contributed by atoms with Crippen LogP contribution < -0.4 is 11.1 Å². The molecule has 1 radical (unpaired) electrons. The van der Waals surface area contributed by atoms with E-state index in [-0.39, 0.29) is 0 Å². The molecule has 73 valence electrons. The van der Waals surface area contributed by atoms with Crippen LogP contribution in [0.15, 0.2) is 30.3 Å². The van der Waals surface area contributed by atoms with Crippen molar-refractivity contribution in [2.24, 2.45) is 5.73 Å². The molecule has 0 aliphatic rings. The van der Waals surface area contributed by atoms with Crippen molar-refractivity contribution in [3.63, 3.8) is 0 Å². The van der Waals surface area contributed by atoms with Crippen LogP contribution in [0, 0.1) is 0 Å². The van der Waals surface area contributed by atoms with Crippen molar-refractivity contribution in [3.05, 3.63) is 35.9 Å². The van der Waals surface area contributed by atoms with Crippen LogP contribution in [0.1, 0.15) is 5.56 Å². The smallest absolute Gasteiger partial charge is 0.309 e. The van der Waals surface area contributed by atoms with E-state index in [0.29, 0.717) is 6.42 Å². The first-order valence-electron chi connectivity index (χ1n) is 4.20. The molecule has 3 N–H and O–H groups in total. The molecule has 0 saturated heterocycles. The monoisotopic (exact) mass is 191 g/mol. The maximum atomic E-state index is 10.9. The van der Waals surface area contributed by atoms with Crippen LogP contribution in [0.4, 0.5) is 0 Å². The predicted molar refractivity (Wildman–Crippen MR) is 52.0 cm³/mol. The number of carbonyl (C=O) groups excluding carboxylic acids is 2. The summed E-state index contributed by atoms with van der Waals surface area (Å²) in [5.74, 6) is -0.558. The molecular weight excluding hydrogens is 180 g/mol. The molecule has 1 unspecified atom stereocenters. The van der Waals surface area contributed by atoms with Gasteiger partial charge >= 0.3 is 6.41 Å². The third-order valence-corrected chi connectivity index (χ3v) is 1.86. The number of nitrogens with two attached hydrogens (primary N) is 1. The molecular formula is C10H11N2O2. The number of benzene rings is 1. The fourth-order valence-electron chi connectivity index (χ4n) is 1.14. The van der Waals surface area contributed by atoms with E-state index in [2.05, 4.69) is 5.32 Å². The van der Waals surface area contributed by atoms with Crippen molar-refractivity contribution in [2.45, 2.75) is 12.5 Å². The molecule has 1 rings (SSSR count). The standard InChI is InChI=1S/C10H11N2O2/c11-10(14)9(12-7-13)6-8-4-2-1-3-5-8/h1-5,9H,6H2,(H2,11,14)(H,12,13). The maximum Gasteiger partial charge on any atom is 0.309 e. The SMILES string of the molecule is NC(=O)C(Cc1ccccc1)N[C]=O. The van der Waals surface area contributed by atoms with Gasteiger partial charge in [0.2, 0.25) is 5.91 Å². The molecule has 4 heteroatoms. The zero-order valence-electron chi connectivity index (χ0n) is 7.57. The molecule has 0 fully saturated rings. The summed E-state index contributed by atoms with van der Waals surface area (Å²) in [5, 5.41) is 2.25. The first-order chi connectivity index (χ1) is 6.74. The largest absolute Gasteiger partial charge is 0.368 e. The van der Waals surface area contributed by atoms with E-state index >= 15 is 0 Å². The molecule has 0 aromatic heterocycles. The first kappa shape index (κ1) is 10.2. The Morgan fingerprint density at radius 2 is 2.07 bits per heavy atom. The van der Waals surface area contributed by atoms with Gasteiger partial charge in [-0.05, 0) is 5.56 Å². The van der Waals surface area contributed by atoms with Crippen LogP contribution in [0.3, 0.4) is 0 Å². The van der Waals surface area contributed by atoms with E-state index in [1.807, 2.05) is 30.3 Å². The lowest BCUT2D eigenvalue weighted by atomic mass is 10.1. The third-order valence-electron chi connectivity index (χ3n) is 1.86. The van der Waals surface area contributed by atoms with Gasteiger partial charge in [-0.25, -0.2) is 0 Å². The number of primary amides is 1. The van der Waals surface area contributed by atoms with Crippen LogP contribution >= 0.6 is 0 Å². The lowest BCUT2D eigenvalue weighted by Gasteiger charge is -2.10. The van der Waals surface area contributed by atoms with Crippen LogP contribution in [-0.2, 0) is 16.0 Å². The molecule has 2 amide bonds. The van der Waals surface area contributed by atoms with Gasteiger partial charge in [0.15, 0.2) is 0 Å². The maximum absolute atomic E-state index is 10.9. The van der Waals surface area contributed by atoms with Crippen molar-refractivity contribution < 1.29 is 9.59 Å². The average molecular weight is 191 g/mol. The number of carbonyl (C=O) groups is 1. The summed E-state index contributed by atoms with van der Waals surface area (Å²) in [6.45, 7) is 0. The van der Waals surface area contributed by atoms with E-state index < -0.39 is 11.9 Å². The second kappa shape index (κ2) is 5.01. The van der Waals surface area contributed by atoms with Crippen LogP contribution in [0.2, 0.25) is 0 Å². The molecule has 4 nitrogen and oxygen atoms in total. The number of hydrogen-bond donors (Lipinski definition) is 2. The van der Waals surface area contributed by atoms with Crippen LogP contribution in [0.5, 0.6) is 0 Å². The Bertz CT molecular complexity index is 311. The van der Waals surface area contributed by atoms with Gasteiger partial charge in [-0.2, -0.15) is 0 Å². The highest BCUT2D eigenvalue weighted by molar-refractivity contribution is 5.82. The normalized spacial score (nSPS) is 11.7. The second-order valence-electron chi connectivity index (χ2n) is 2.89. The van der Waals surface area contributed by atoms with Gasteiger partial charge in [0.1, 0.15) is 6.04 Å². The van der Waals surface area contributed by atoms with Gasteiger partial charge in [-0.1, -0.05) is 30.3 Å². The Kier molecular flexibility index (Phi) is 3.67. The Labute approximate surface area is 82.1 Å². The van der Waals surface area contributed by atoms with Crippen molar-refractivity contribution in [2.75, 3.05) is 0 Å². The minimum absolute atomic E-state index is 0.394. The molecule has 1 aromatic carbocycles. The Balaban J connectivity index is 2.64. The predicted octanol–water partition coefficient (Wildman–Crippen LogP) is -0.260. The minimum Gasteiger partial charge on any atom is -0.368 e. The second-order valence-corrected chi connectivity index (χ2v) is 2.89. The van der Waals surface area contributed by atoms with E-state index in [1.165, 1.54) is 6.41 Å². The quantitative estimate of drug-likeness (QED) is 0.629. The van der Waals surface area contributed by atoms with Crippen molar-refractivity contribution in [1.82, 2.24) is 5.32 Å². The molecule has 0 saturated carbocycles. The van der Waals surface area contributed by atoms with Gasteiger partial charge in [0.05, 0.1) is 0 Å². The van der Waals surface area contributed by atoms with E-state index in [4.69, 9.17) is 5.73 Å². The number of hydrogen-bond acceptors (Lipinski definition) is 2. The number of amides is 2. The zero-order chi connectivity index (χ0) is 10.4. The van der Waals surface area contributed by atoms with E-state index in [0.717, 1.165) is 5.56 Å². The molecule has 0 bridgehead atoms. The topological polar surface area (TPSA) is 72.2 Å². The summed E-state index contributed by atoms with van der Waals surface area (Å²) >= 11 is 0. The Hall–Kier alpha value is -1.84. The summed E-state index contributed by atoms with van der Waals surface area (Å²) in [5.41, 5.74) is 6.03. The minimum atomic E-state index is -0.685. The van der Waals surface area contributed by atoms with E-state index in [9.17, 15) is 9.59 Å². The average Bonchev–Trinajstić information content (AvgIpc) is 2.18. The summed E-state index contributed by atoms with van der Waals surface area (Å²) < 4.78 is 0. The highest BCUT2D eigenvalue weighted by Crippen LogP contribution is 2.02. The van der Waals surface area contributed by atoms with Gasteiger partial charge in [0, 0.05) is 6.42 Å². The molecule has 0 spiro atoms. The molecule has 0 heterocycles. The molecule has 1 aromatic rings. The van der Waals surface area contributed by atoms with E-state index in [1.54, 1.807) is 0 Å². The van der Waals surface area contributed by atoms with Gasteiger partial charge in [-0.15, -0.1) is 0 Å². The zero-order valence-corrected chi connectivity index (χ0v) is 7.57. The molecule has 0 aliphatic heterocycles. The molecule has 14 heavy (non-hydrogen) atoms. The number of nitrogens with one attached hydrogen (secondary N) is 1. The van der Waals surface area contributed by atoms with Gasteiger partial charge in [0.25, 0.3) is 0 Å². The fourth-order valence-corrected chi connectivity index (χ4v) is 1.14. The van der Waals surface area contributed by atoms with Crippen molar-refractivity contribution in [1.29, 1.82) is 0 Å². The van der Waals surface area contributed by atoms with Gasteiger partial charge < -0.3 is 11.1 Å². The lowest BCUT2D eigenvalue weighted by Crippen LogP contribution is -2.42. The summed E-state index contributed by atoms with van der Waals surface area (Å²) in [7, 11) is 0. The highest BCUT2D eigenvalue weighted by atomic mass is 16.2. The van der Waals surface area contributed by atoms with Crippen LogP contribution in [0.25, 0.3) is 0 Å². The first-order valence-corrected chi connectivity index (χ1v) is 4.20.